The third-order valence-corrected chi connectivity index (χ3v) is 4.69. The van der Waals surface area contributed by atoms with Gasteiger partial charge in [-0.05, 0) is 37.5 Å². The van der Waals surface area contributed by atoms with Gasteiger partial charge >= 0.3 is 5.97 Å². The molecule has 128 valence electrons. The molecule has 0 heterocycles. The van der Waals surface area contributed by atoms with Gasteiger partial charge < -0.3 is 10.1 Å². The zero-order valence-corrected chi connectivity index (χ0v) is 14.9. The summed E-state index contributed by atoms with van der Waals surface area (Å²) in [6, 6.07) is 4.20. The van der Waals surface area contributed by atoms with Gasteiger partial charge in [-0.1, -0.05) is 19.9 Å². The molecule has 0 aliphatic heterocycles. The number of hydrogen-bond acceptors (Lipinski definition) is 5. The van der Waals surface area contributed by atoms with Crippen LogP contribution in [0.4, 0.5) is 0 Å². The Balaban J connectivity index is 2.77. The predicted molar refractivity (Wildman–Crippen MR) is 87.0 cm³/mol. The first kappa shape index (κ1) is 19.2. The Kier molecular flexibility index (Phi) is 6.32. The zero-order valence-electron chi connectivity index (χ0n) is 14.0. The molecule has 1 atom stereocenters. The number of ether oxygens (including phenoxy) is 1. The first-order chi connectivity index (χ1) is 10.5. The molecule has 0 unspecified atom stereocenters. The van der Waals surface area contributed by atoms with Crippen molar-refractivity contribution in [3.63, 3.8) is 0 Å². The third kappa shape index (κ3) is 5.67. The van der Waals surface area contributed by atoms with E-state index in [0.717, 1.165) is 6.26 Å². The van der Waals surface area contributed by atoms with Crippen LogP contribution in [-0.2, 0) is 19.4 Å². The number of carbonyl (C=O) groups is 2. The molecule has 1 aromatic rings. The van der Waals surface area contributed by atoms with Gasteiger partial charge in [0, 0.05) is 12.3 Å². The summed E-state index contributed by atoms with van der Waals surface area (Å²) in [7, 11) is -3.42. The van der Waals surface area contributed by atoms with Crippen molar-refractivity contribution in [2.45, 2.75) is 38.6 Å². The molecular formula is C16H23NO5S. The fraction of sp³-hybridized carbons (Fsp3) is 0.500. The summed E-state index contributed by atoms with van der Waals surface area (Å²) >= 11 is 0. The molecule has 0 aliphatic carbocycles. The normalized spacial score (nSPS) is 12.8. The summed E-state index contributed by atoms with van der Waals surface area (Å²) in [6.07, 6.45) is 1.06. The van der Waals surface area contributed by atoms with Gasteiger partial charge in [0.2, 0.25) is 0 Å². The van der Waals surface area contributed by atoms with E-state index >= 15 is 0 Å². The lowest BCUT2D eigenvalue weighted by Crippen LogP contribution is -2.38. The number of nitrogens with one attached hydrogen (secondary N) is 1. The number of benzene rings is 1. The van der Waals surface area contributed by atoms with Crippen molar-refractivity contribution in [3.05, 3.63) is 29.3 Å². The van der Waals surface area contributed by atoms with Crippen LogP contribution in [0.25, 0.3) is 0 Å². The topological polar surface area (TPSA) is 89.5 Å². The molecule has 1 aromatic carbocycles. The molecule has 0 aliphatic rings. The Labute approximate surface area is 137 Å². The number of hydrogen-bond donors (Lipinski definition) is 1. The van der Waals surface area contributed by atoms with Gasteiger partial charge in [-0.3, -0.25) is 4.79 Å². The molecule has 1 N–H and O–H groups in total. The summed E-state index contributed by atoms with van der Waals surface area (Å²) in [5, 5.41) is 2.72. The number of rotatable bonds is 6. The second-order valence-electron chi connectivity index (χ2n) is 5.93. The van der Waals surface area contributed by atoms with E-state index in [0.29, 0.717) is 5.56 Å². The van der Waals surface area contributed by atoms with E-state index in [9.17, 15) is 18.0 Å². The van der Waals surface area contributed by atoms with Gasteiger partial charge in [0.15, 0.2) is 16.4 Å². The van der Waals surface area contributed by atoms with Crippen molar-refractivity contribution in [1.82, 2.24) is 5.32 Å². The van der Waals surface area contributed by atoms with Crippen LogP contribution in [0.1, 0.15) is 36.7 Å². The number of aryl methyl sites for hydroxylation is 1. The Morgan fingerprint density at radius 1 is 1.22 bits per heavy atom. The highest BCUT2D eigenvalue weighted by atomic mass is 32.2. The fourth-order valence-electron chi connectivity index (χ4n) is 1.72. The Morgan fingerprint density at radius 2 is 1.83 bits per heavy atom. The minimum Gasteiger partial charge on any atom is -0.452 e. The van der Waals surface area contributed by atoms with Crippen LogP contribution < -0.4 is 5.32 Å². The van der Waals surface area contributed by atoms with Crippen LogP contribution in [0.15, 0.2) is 23.1 Å². The highest BCUT2D eigenvalue weighted by molar-refractivity contribution is 7.90. The molecule has 0 aromatic heterocycles. The summed E-state index contributed by atoms with van der Waals surface area (Å²) in [5.74, 6) is -0.847. The van der Waals surface area contributed by atoms with Gasteiger partial charge in [-0.15, -0.1) is 0 Å². The van der Waals surface area contributed by atoms with Crippen LogP contribution in [-0.4, -0.2) is 39.2 Å². The van der Waals surface area contributed by atoms with Crippen molar-refractivity contribution in [2.24, 2.45) is 5.92 Å². The van der Waals surface area contributed by atoms with Crippen LogP contribution in [0.3, 0.4) is 0 Å². The molecule has 1 rings (SSSR count). The molecule has 0 radical (unpaired) electrons. The van der Waals surface area contributed by atoms with Crippen molar-refractivity contribution in [1.29, 1.82) is 0 Å². The van der Waals surface area contributed by atoms with Gasteiger partial charge in [0.05, 0.1) is 10.5 Å². The second-order valence-corrected chi connectivity index (χ2v) is 7.94. The summed E-state index contributed by atoms with van der Waals surface area (Å²) < 4.78 is 28.1. The van der Waals surface area contributed by atoms with E-state index in [1.807, 2.05) is 20.8 Å². The van der Waals surface area contributed by atoms with Crippen molar-refractivity contribution in [3.8, 4) is 0 Å². The maximum Gasteiger partial charge on any atom is 0.338 e. The largest absolute Gasteiger partial charge is 0.452 e. The smallest absolute Gasteiger partial charge is 0.338 e. The average molecular weight is 341 g/mol. The van der Waals surface area contributed by atoms with E-state index < -0.39 is 28.3 Å². The van der Waals surface area contributed by atoms with Gasteiger partial charge in [-0.2, -0.15) is 0 Å². The van der Waals surface area contributed by atoms with E-state index in [2.05, 4.69) is 5.32 Å². The lowest BCUT2D eigenvalue weighted by Gasteiger charge is -2.17. The molecule has 23 heavy (non-hydrogen) atoms. The number of esters is 1. The fourth-order valence-corrected chi connectivity index (χ4v) is 2.37. The summed E-state index contributed by atoms with van der Waals surface area (Å²) in [6.45, 7) is 7.07. The first-order valence-corrected chi connectivity index (χ1v) is 9.18. The molecule has 0 saturated heterocycles. The standard InChI is InChI=1S/C16H23NO5S/c1-10(2)12(4)17-15(18)9-22-16(19)14-8-13(23(5,20)21)7-6-11(14)3/h6-8,10,12H,9H2,1-5H3,(H,17,18)/t12-/m1/s1. The molecule has 6 nitrogen and oxygen atoms in total. The van der Waals surface area contributed by atoms with Crippen molar-refractivity contribution in [2.75, 3.05) is 12.9 Å². The molecule has 7 heteroatoms. The predicted octanol–water partition coefficient (Wildman–Crippen LogP) is 1.72. The van der Waals surface area contributed by atoms with E-state index in [-0.39, 0.29) is 22.4 Å². The SMILES string of the molecule is Cc1ccc(S(C)(=O)=O)cc1C(=O)OCC(=O)N[C@H](C)C(C)C. The second kappa shape index (κ2) is 7.59. The lowest BCUT2D eigenvalue weighted by molar-refractivity contribution is -0.125. The molecular weight excluding hydrogens is 318 g/mol. The van der Waals surface area contributed by atoms with Crippen LogP contribution in [0.5, 0.6) is 0 Å². The van der Waals surface area contributed by atoms with Crippen molar-refractivity contribution >= 4 is 21.7 Å². The molecule has 0 saturated carbocycles. The van der Waals surface area contributed by atoms with Crippen LogP contribution in [0, 0.1) is 12.8 Å². The summed E-state index contributed by atoms with van der Waals surface area (Å²) in [4.78, 5) is 23.8. The molecule has 0 spiro atoms. The Bertz CT molecular complexity index is 694. The average Bonchev–Trinajstić information content (AvgIpc) is 2.43. The highest BCUT2D eigenvalue weighted by Gasteiger charge is 2.17. The quantitative estimate of drug-likeness (QED) is 0.796. The monoisotopic (exact) mass is 341 g/mol. The lowest BCUT2D eigenvalue weighted by atomic mass is 10.1. The highest BCUT2D eigenvalue weighted by Crippen LogP contribution is 2.16. The molecule has 1 amide bonds. The Morgan fingerprint density at radius 3 is 2.35 bits per heavy atom. The molecule has 0 fully saturated rings. The van der Waals surface area contributed by atoms with E-state index in [1.165, 1.54) is 18.2 Å². The first-order valence-electron chi connectivity index (χ1n) is 7.29. The van der Waals surface area contributed by atoms with Gasteiger partial charge in [-0.25, -0.2) is 13.2 Å². The number of amides is 1. The van der Waals surface area contributed by atoms with E-state index in [1.54, 1.807) is 6.92 Å². The van der Waals surface area contributed by atoms with Gasteiger partial charge in [0.1, 0.15) is 0 Å². The maximum absolute atomic E-state index is 12.1. The number of sulfone groups is 1. The van der Waals surface area contributed by atoms with Crippen LogP contribution in [0.2, 0.25) is 0 Å². The van der Waals surface area contributed by atoms with E-state index in [4.69, 9.17) is 4.74 Å². The Hall–Kier alpha value is -1.89. The third-order valence-electron chi connectivity index (χ3n) is 3.58. The zero-order chi connectivity index (χ0) is 17.8. The van der Waals surface area contributed by atoms with Crippen LogP contribution >= 0.6 is 0 Å². The molecule has 0 bridgehead atoms. The minimum atomic E-state index is -3.42. The van der Waals surface area contributed by atoms with Crippen molar-refractivity contribution < 1.29 is 22.7 Å². The maximum atomic E-state index is 12.1. The summed E-state index contributed by atoms with van der Waals surface area (Å²) in [5.41, 5.74) is 0.719. The minimum absolute atomic E-state index is 0.0310. The number of carbonyl (C=O) groups excluding carboxylic acids is 2. The van der Waals surface area contributed by atoms with Gasteiger partial charge in [0.25, 0.3) is 5.91 Å².